The highest BCUT2D eigenvalue weighted by molar-refractivity contribution is 5.88. The Hall–Kier alpha value is -2.50. The number of ether oxygens (including phenoxy) is 1. The summed E-state index contributed by atoms with van der Waals surface area (Å²) < 4.78 is 6.61. The third-order valence-electron chi connectivity index (χ3n) is 2.58. The SMILES string of the molecule is COc1cc(NC(=O)NCc2ccccc2)nn1C. The Labute approximate surface area is 111 Å². The van der Waals surface area contributed by atoms with E-state index in [0.717, 1.165) is 5.56 Å². The van der Waals surface area contributed by atoms with Crippen molar-refractivity contribution in [3.05, 3.63) is 42.0 Å². The first-order valence-electron chi connectivity index (χ1n) is 5.86. The van der Waals surface area contributed by atoms with E-state index in [1.54, 1.807) is 24.9 Å². The van der Waals surface area contributed by atoms with Crippen LogP contribution >= 0.6 is 0 Å². The van der Waals surface area contributed by atoms with E-state index in [1.807, 2.05) is 30.3 Å². The second-order valence-electron chi connectivity index (χ2n) is 3.99. The maximum absolute atomic E-state index is 11.7. The molecule has 0 saturated carbocycles. The maximum Gasteiger partial charge on any atom is 0.320 e. The summed E-state index contributed by atoms with van der Waals surface area (Å²) in [6, 6.07) is 11.0. The molecule has 6 heteroatoms. The normalized spacial score (nSPS) is 10.0. The summed E-state index contributed by atoms with van der Waals surface area (Å²) >= 11 is 0. The molecular weight excluding hydrogens is 244 g/mol. The number of hydrogen-bond donors (Lipinski definition) is 2. The quantitative estimate of drug-likeness (QED) is 0.880. The van der Waals surface area contributed by atoms with Crippen LogP contribution in [0.1, 0.15) is 5.56 Å². The lowest BCUT2D eigenvalue weighted by Crippen LogP contribution is -2.28. The largest absolute Gasteiger partial charge is 0.481 e. The lowest BCUT2D eigenvalue weighted by Gasteiger charge is -2.05. The number of aromatic nitrogens is 2. The zero-order valence-electron chi connectivity index (χ0n) is 10.9. The molecule has 2 N–H and O–H groups in total. The highest BCUT2D eigenvalue weighted by Crippen LogP contribution is 2.14. The van der Waals surface area contributed by atoms with Crippen molar-refractivity contribution < 1.29 is 9.53 Å². The van der Waals surface area contributed by atoms with Crippen LogP contribution in [0.4, 0.5) is 10.6 Å². The molecule has 1 aromatic heterocycles. The Bertz CT molecular complexity index is 551. The van der Waals surface area contributed by atoms with Gasteiger partial charge in [-0.15, -0.1) is 0 Å². The lowest BCUT2D eigenvalue weighted by atomic mass is 10.2. The van der Waals surface area contributed by atoms with Crippen molar-refractivity contribution in [1.82, 2.24) is 15.1 Å². The van der Waals surface area contributed by atoms with E-state index in [9.17, 15) is 4.79 Å². The van der Waals surface area contributed by atoms with Crippen LogP contribution in [0.3, 0.4) is 0 Å². The Kier molecular flexibility index (Phi) is 4.02. The third-order valence-corrected chi connectivity index (χ3v) is 2.58. The molecule has 0 bridgehead atoms. The number of rotatable bonds is 4. The molecule has 19 heavy (non-hydrogen) atoms. The van der Waals surface area contributed by atoms with Crippen LogP contribution in [-0.2, 0) is 13.6 Å². The summed E-state index contributed by atoms with van der Waals surface area (Å²) in [5.74, 6) is 1.03. The van der Waals surface area contributed by atoms with Gasteiger partial charge in [0.05, 0.1) is 7.11 Å². The van der Waals surface area contributed by atoms with Crippen LogP contribution in [0.5, 0.6) is 5.88 Å². The number of benzene rings is 1. The van der Waals surface area contributed by atoms with Gasteiger partial charge in [0.1, 0.15) is 0 Å². The molecule has 1 heterocycles. The first-order chi connectivity index (χ1) is 9.19. The fourth-order valence-corrected chi connectivity index (χ4v) is 1.64. The predicted molar refractivity (Wildman–Crippen MR) is 72.1 cm³/mol. The highest BCUT2D eigenvalue weighted by atomic mass is 16.5. The van der Waals surface area contributed by atoms with Gasteiger partial charge in [-0.05, 0) is 5.56 Å². The van der Waals surface area contributed by atoms with Gasteiger partial charge in [-0.25, -0.2) is 9.48 Å². The summed E-state index contributed by atoms with van der Waals surface area (Å²) in [7, 11) is 3.29. The van der Waals surface area contributed by atoms with Crippen LogP contribution in [0, 0.1) is 0 Å². The second-order valence-corrected chi connectivity index (χ2v) is 3.99. The van der Waals surface area contributed by atoms with Crippen molar-refractivity contribution in [3.8, 4) is 5.88 Å². The average molecular weight is 260 g/mol. The van der Waals surface area contributed by atoms with E-state index in [-0.39, 0.29) is 6.03 Å². The Balaban J connectivity index is 1.87. The second kappa shape index (κ2) is 5.90. The third kappa shape index (κ3) is 3.48. The summed E-state index contributed by atoms with van der Waals surface area (Å²) in [5.41, 5.74) is 1.04. The molecule has 0 aliphatic carbocycles. The zero-order chi connectivity index (χ0) is 13.7. The molecule has 0 unspecified atom stereocenters. The highest BCUT2D eigenvalue weighted by Gasteiger charge is 2.07. The Morgan fingerprint density at radius 2 is 2.11 bits per heavy atom. The molecule has 2 amide bonds. The fourth-order valence-electron chi connectivity index (χ4n) is 1.64. The maximum atomic E-state index is 11.7. The van der Waals surface area contributed by atoms with Crippen LogP contribution in [0.25, 0.3) is 0 Å². The average Bonchev–Trinajstić information content (AvgIpc) is 2.77. The molecule has 0 aliphatic rings. The van der Waals surface area contributed by atoms with Gasteiger partial charge < -0.3 is 10.1 Å². The molecule has 6 nitrogen and oxygen atoms in total. The first kappa shape index (κ1) is 12.9. The minimum Gasteiger partial charge on any atom is -0.481 e. The summed E-state index contributed by atoms with van der Waals surface area (Å²) in [6.07, 6.45) is 0. The molecule has 2 rings (SSSR count). The number of nitrogens with one attached hydrogen (secondary N) is 2. The standard InChI is InChI=1S/C13H16N4O2/c1-17-12(19-2)8-11(16-17)15-13(18)14-9-10-6-4-3-5-7-10/h3-8H,9H2,1-2H3,(H2,14,15,16,18). The van der Waals surface area contributed by atoms with E-state index >= 15 is 0 Å². The fraction of sp³-hybridized carbons (Fsp3) is 0.231. The van der Waals surface area contributed by atoms with Crippen molar-refractivity contribution in [3.63, 3.8) is 0 Å². The van der Waals surface area contributed by atoms with E-state index in [0.29, 0.717) is 18.2 Å². The number of amides is 2. The molecular formula is C13H16N4O2. The number of nitrogens with zero attached hydrogens (tertiary/aromatic N) is 2. The van der Waals surface area contributed by atoms with Crippen LogP contribution in [-0.4, -0.2) is 22.9 Å². The topological polar surface area (TPSA) is 68.2 Å². The Morgan fingerprint density at radius 3 is 2.74 bits per heavy atom. The number of carbonyl (C=O) groups excluding carboxylic acids is 1. The molecule has 0 spiro atoms. The number of anilines is 1. The van der Waals surface area contributed by atoms with Gasteiger partial charge in [-0.1, -0.05) is 30.3 Å². The monoisotopic (exact) mass is 260 g/mol. The summed E-state index contributed by atoms with van der Waals surface area (Å²) in [4.78, 5) is 11.7. The van der Waals surface area contributed by atoms with Gasteiger partial charge in [-0.2, -0.15) is 5.10 Å². The van der Waals surface area contributed by atoms with Gasteiger partial charge in [0.2, 0.25) is 5.88 Å². The zero-order valence-corrected chi connectivity index (χ0v) is 10.9. The molecule has 100 valence electrons. The van der Waals surface area contributed by atoms with Gasteiger partial charge in [0.15, 0.2) is 5.82 Å². The first-order valence-corrected chi connectivity index (χ1v) is 5.86. The van der Waals surface area contributed by atoms with E-state index in [1.165, 1.54) is 0 Å². The van der Waals surface area contributed by atoms with Crippen LogP contribution in [0.15, 0.2) is 36.4 Å². The van der Waals surface area contributed by atoms with Gasteiger partial charge >= 0.3 is 6.03 Å². The number of hydrogen-bond acceptors (Lipinski definition) is 3. The van der Waals surface area contributed by atoms with Gasteiger partial charge in [0, 0.05) is 19.7 Å². The van der Waals surface area contributed by atoms with Gasteiger partial charge in [0.25, 0.3) is 0 Å². The van der Waals surface area contributed by atoms with E-state index in [4.69, 9.17) is 4.74 Å². The molecule has 0 atom stereocenters. The van der Waals surface area contributed by atoms with Gasteiger partial charge in [-0.3, -0.25) is 5.32 Å². The molecule has 2 aromatic rings. The smallest absolute Gasteiger partial charge is 0.320 e. The Morgan fingerprint density at radius 1 is 1.37 bits per heavy atom. The minimum absolute atomic E-state index is 0.301. The van der Waals surface area contributed by atoms with Crippen LogP contribution in [0.2, 0.25) is 0 Å². The molecule has 0 aliphatic heterocycles. The van der Waals surface area contributed by atoms with Crippen molar-refractivity contribution in [2.24, 2.45) is 7.05 Å². The summed E-state index contributed by atoms with van der Waals surface area (Å²) in [6.45, 7) is 0.469. The van der Waals surface area contributed by atoms with Crippen molar-refractivity contribution in [2.45, 2.75) is 6.54 Å². The van der Waals surface area contributed by atoms with E-state index in [2.05, 4.69) is 15.7 Å². The minimum atomic E-state index is -0.301. The number of methoxy groups -OCH3 is 1. The van der Waals surface area contributed by atoms with Crippen LogP contribution < -0.4 is 15.4 Å². The lowest BCUT2D eigenvalue weighted by molar-refractivity contribution is 0.251. The van der Waals surface area contributed by atoms with E-state index < -0.39 is 0 Å². The number of carbonyl (C=O) groups is 1. The predicted octanol–water partition coefficient (Wildman–Crippen LogP) is 1.75. The van der Waals surface area contributed by atoms with Crippen molar-refractivity contribution in [1.29, 1.82) is 0 Å². The molecule has 0 fully saturated rings. The molecule has 0 radical (unpaired) electrons. The molecule has 1 aromatic carbocycles. The van der Waals surface area contributed by atoms with Crippen molar-refractivity contribution in [2.75, 3.05) is 12.4 Å². The number of urea groups is 1. The number of aryl methyl sites for hydroxylation is 1. The molecule has 0 saturated heterocycles. The summed E-state index contributed by atoms with van der Waals surface area (Å²) in [5, 5.41) is 9.50. The van der Waals surface area contributed by atoms with Crippen molar-refractivity contribution >= 4 is 11.8 Å².